The number of aromatic nitrogens is 2. The number of nitrogens with zero attached hydrogens (tertiary/aromatic N) is 2. The van der Waals surface area contributed by atoms with Crippen LogP contribution in [0.3, 0.4) is 0 Å². The Bertz CT molecular complexity index is 676. The van der Waals surface area contributed by atoms with E-state index in [4.69, 9.17) is 5.73 Å². The van der Waals surface area contributed by atoms with E-state index in [1.807, 2.05) is 13.0 Å². The molecule has 0 aliphatic carbocycles. The number of imidazole rings is 1. The van der Waals surface area contributed by atoms with Crippen molar-refractivity contribution in [3.8, 4) is 0 Å². The molecular formula is C15H20N4O2. The molecule has 112 valence electrons. The Balaban J connectivity index is 2.40. The number of carbonyl (C=O) groups is 2. The number of nitrogens with one attached hydrogen (secondary N) is 1. The maximum atomic E-state index is 11.4. The average Bonchev–Trinajstić information content (AvgIpc) is 2.82. The summed E-state index contributed by atoms with van der Waals surface area (Å²) >= 11 is 0. The number of primary amides is 1. The lowest BCUT2D eigenvalue weighted by Gasteiger charge is -2.08. The van der Waals surface area contributed by atoms with Crippen molar-refractivity contribution in [3.05, 3.63) is 29.6 Å². The van der Waals surface area contributed by atoms with E-state index in [0.717, 1.165) is 29.8 Å². The quantitative estimate of drug-likeness (QED) is 0.845. The van der Waals surface area contributed by atoms with Crippen molar-refractivity contribution in [2.24, 2.45) is 5.73 Å². The summed E-state index contributed by atoms with van der Waals surface area (Å²) in [5, 5.41) is 2.83. The highest BCUT2D eigenvalue weighted by Crippen LogP contribution is 2.18. The molecule has 0 aliphatic rings. The van der Waals surface area contributed by atoms with Crippen molar-refractivity contribution in [2.45, 2.75) is 39.8 Å². The van der Waals surface area contributed by atoms with Gasteiger partial charge in [-0.1, -0.05) is 13.8 Å². The minimum Gasteiger partial charge on any atom is -0.366 e. The summed E-state index contributed by atoms with van der Waals surface area (Å²) in [5.74, 6) is 0.306. The van der Waals surface area contributed by atoms with Crippen molar-refractivity contribution in [1.29, 1.82) is 0 Å². The van der Waals surface area contributed by atoms with Crippen LogP contribution in [0, 0.1) is 0 Å². The van der Waals surface area contributed by atoms with Gasteiger partial charge < -0.3 is 15.6 Å². The Morgan fingerprint density at radius 2 is 2.10 bits per heavy atom. The lowest BCUT2D eigenvalue weighted by atomic mass is 10.2. The molecule has 0 radical (unpaired) electrons. The zero-order valence-electron chi connectivity index (χ0n) is 12.3. The molecule has 2 aromatic rings. The molecule has 1 aromatic heterocycles. The van der Waals surface area contributed by atoms with Crippen LogP contribution < -0.4 is 11.1 Å². The van der Waals surface area contributed by atoms with Crippen LogP contribution in [0.1, 0.15) is 42.9 Å². The second-order valence-corrected chi connectivity index (χ2v) is 4.88. The van der Waals surface area contributed by atoms with Crippen LogP contribution in [0.5, 0.6) is 0 Å². The zero-order valence-corrected chi connectivity index (χ0v) is 12.3. The van der Waals surface area contributed by atoms with Crippen LogP contribution >= 0.6 is 0 Å². The summed E-state index contributed by atoms with van der Waals surface area (Å²) in [5.41, 5.74) is 7.40. The molecule has 0 saturated heterocycles. The fourth-order valence-electron chi connectivity index (χ4n) is 2.24. The molecule has 0 fully saturated rings. The largest absolute Gasteiger partial charge is 0.366 e. The lowest BCUT2D eigenvalue weighted by molar-refractivity contribution is -0.120. The normalized spacial score (nSPS) is 10.8. The van der Waals surface area contributed by atoms with Crippen LogP contribution in [0.25, 0.3) is 11.0 Å². The molecule has 0 aliphatic heterocycles. The first kappa shape index (κ1) is 15.0. The Morgan fingerprint density at radius 3 is 2.71 bits per heavy atom. The second kappa shape index (κ2) is 6.39. The average molecular weight is 288 g/mol. The van der Waals surface area contributed by atoms with E-state index in [0.29, 0.717) is 18.5 Å². The fourth-order valence-corrected chi connectivity index (χ4v) is 2.24. The van der Waals surface area contributed by atoms with Crippen LogP contribution in [-0.2, 0) is 17.9 Å². The van der Waals surface area contributed by atoms with Crippen molar-refractivity contribution in [3.63, 3.8) is 0 Å². The van der Waals surface area contributed by atoms with E-state index in [-0.39, 0.29) is 5.91 Å². The number of carbonyl (C=O) groups excluding carboxylic acids is 2. The maximum absolute atomic E-state index is 11.4. The third kappa shape index (κ3) is 3.21. The number of aryl methyl sites for hydroxylation is 1. The Kier molecular flexibility index (Phi) is 4.57. The van der Waals surface area contributed by atoms with E-state index in [1.165, 1.54) is 0 Å². The summed E-state index contributed by atoms with van der Waals surface area (Å²) in [6.45, 7) is 5.08. The first-order chi connectivity index (χ1) is 10.1. The minimum atomic E-state index is -0.470. The molecule has 2 amide bonds. The molecule has 2 rings (SSSR count). The fraction of sp³-hybridized carbons (Fsp3) is 0.400. The number of fused-ring (bicyclic) bond motifs is 1. The van der Waals surface area contributed by atoms with Gasteiger partial charge in [0, 0.05) is 18.5 Å². The van der Waals surface area contributed by atoms with Crippen molar-refractivity contribution in [2.75, 3.05) is 0 Å². The van der Waals surface area contributed by atoms with Gasteiger partial charge in [-0.15, -0.1) is 0 Å². The topological polar surface area (TPSA) is 90.0 Å². The second-order valence-electron chi connectivity index (χ2n) is 4.88. The number of rotatable bonds is 6. The smallest absolute Gasteiger partial charge is 0.248 e. The first-order valence-electron chi connectivity index (χ1n) is 7.12. The van der Waals surface area contributed by atoms with Gasteiger partial charge in [0.05, 0.1) is 17.6 Å². The highest BCUT2D eigenvalue weighted by atomic mass is 16.1. The van der Waals surface area contributed by atoms with Crippen LogP contribution in [0.15, 0.2) is 18.2 Å². The molecule has 0 bridgehead atoms. The van der Waals surface area contributed by atoms with Crippen molar-refractivity contribution < 1.29 is 9.59 Å². The molecule has 1 heterocycles. The highest BCUT2D eigenvalue weighted by molar-refractivity contribution is 5.96. The first-order valence-corrected chi connectivity index (χ1v) is 7.12. The molecular weight excluding hydrogens is 268 g/mol. The monoisotopic (exact) mass is 288 g/mol. The summed E-state index contributed by atoms with van der Waals surface area (Å²) in [6.07, 6.45) is 1.40. The van der Waals surface area contributed by atoms with Crippen molar-refractivity contribution in [1.82, 2.24) is 14.9 Å². The molecule has 1 aromatic carbocycles. The highest BCUT2D eigenvalue weighted by Gasteiger charge is 2.12. The number of hydrogen-bond acceptors (Lipinski definition) is 3. The zero-order chi connectivity index (χ0) is 15.4. The number of amides is 2. The van der Waals surface area contributed by atoms with E-state index < -0.39 is 5.91 Å². The molecule has 6 heteroatoms. The predicted molar refractivity (Wildman–Crippen MR) is 80.7 cm³/mol. The standard InChI is InChI=1S/C15H20N4O2/c1-3-7-19-12-6-5-10(15(16)21)8-11(12)18-13(19)9-17-14(20)4-2/h5-6,8H,3-4,7,9H2,1-2H3,(H2,16,21)(H,17,20). The summed E-state index contributed by atoms with van der Waals surface area (Å²) in [7, 11) is 0. The van der Waals surface area contributed by atoms with Gasteiger partial charge in [-0.3, -0.25) is 9.59 Å². The molecule has 0 spiro atoms. The third-order valence-corrected chi connectivity index (χ3v) is 3.32. The minimum absolute atomic E-state index is 0.0112. The van der Waals surface area contributed by atoms with Gasteiger partial charge in [0.1, 0.15) is 5.82 Å². The Morgan fingerprint density at radius 1 is 1.33 bits per heavy atom. The van der Waals surface area contributed by atoms with Gasteiger partial charge in [0.25, 0.3) is 0 Å². The predicted octanol–water partition coefficient (Wildman–Crippen LogP) is 1.57. The molecule has 0 saturated carbocycles. The number of benzene rings is 1. The van der Waals surface area contributed by atoms with Crippen LogP contribution in [0.2, 0.25) is 0 Å². The van der Waals surface area contributed by atoms with Gasteiger partial charge in [0.15, 0.2) is 0 Å². The molecule has 3 N–H and O–H groups in total. The van der Waals surface area contributed by atoms with Crippen LogP contribution in [0.4, 0.5) is 0 Å². The molecule has 0 atom stereocenters. The van der Waals surface area contributed by atoms with E-state index >= 15 is 0 Å². The summed E-state index contributed by atoms with van der Waals surface area (Å²) in [4.78, 5) is 27.2. The maximum Gasteiger partial charge on any atom is 0.248 e. The van der Waals surface area contributed by atoms with Gasteiger partial charge in [-0.2, -0.15) is 0 Å². The van der Waals surface area contributed by atoms with Gasteiger partial charge in [-0.25, -0.2) is 4.98 Å². The van der Waals surface area contributed by atoms with E-state index in [1.54, 1.807) is 12.1 Å². The Hall–Kier alpha value is -2.37. The lowest BCUT2D eigenvalue weighted by Crippen LogP contribution is -2.23. The SMILES string of the molecule is CCCn1c(CNC(=O)CC)nc2cc(C(N)=O)ccc21. The Labute approximate surface area is 123 Å². The van der Waals surface area contributed by atoms with Gasteiger partial charge >= 0.3 is 0 Å². The van der Waals surface area contributed by atoms with Crippen LogP contribution in [-0.4, -0.2) is 21.4 Å². The molecule has 21 heavy (non-hydrogen) atoms. The van der Waals surface area contributed by atoms with Gasteiger partial charge in [0.2, 0.25) is 11.8 Å². The molecule has 0 unspecified atom stereocenters. The van der Waals surface area contributed by atoms with Gasteiger partial charge in [-0.05, 0) is 24.6 Å². The number of nitrogens with two attached hydrogens (primary N) is 1. The summed E-state index contributed by atoms with van der Waals surface area (Å²) in [6, 6.07) is 5.24. The van der Waals surface area contributed by atoms with E-state index in [9.17, 15) is 9.59 Å². The number of hydrogen-bond donors (Lipinski definition) is 2. The third-order valence-electron chi connectivity index (χ3n) is 3.32. The molecule has 6 nitrogen and oxygen atoms in total. The van der Waals surface area contributed by atoms with E-state index in [2.05, 4.69) is 21.8 Å². The van der Waals surface area contributed by atoms with Crippen molar-refractivity contribution >= 4 is 22.8 Å². The summed E-state index contributed by atoms with van der Waals surface area (Å²) < 4.78 is 2.07.